The molecule has 0 aromatic rings. The molecule has 1 aliphatic heterocycles. The third-order valence-corrected chi connectivity index (χ3v) is 3.09. The van der Waals surface area contributed by atoms with E-state index in [-0.39, 0.29) is 0 Å². The largest absolute Gasteiger partial charge is 0.300 e. The summed E-state index contributed by atoms with van der Waals surface area (Å²) in [6, 6.07) is 0.445. The second kappa shape index (κ2) is 3.58. The van der Waals surface area contributed by atoms with E-state index in [4.69, 9.17) is 0 Å². The van der Waals surface area contributed by atoms with Gasteiger partial charge in [-0.25, -0.2) is 0 Å². The van der Waals surface area contributed by atoms with Crippen molar-refractivity contribution >= 4 is 11.6 Å². The van der Waals surface area contributed by atoms with Crippen LogP contribution in [0, 0.1) is 0 Å². The molecule has 0 aromatic heterocycles. The molecular weight excluding hydrogens is 166 g/mol. The molecule has 1 unspecified atom stereocenters. The number of hydrogen-bond acceptors (Lipinski definition) is 3. The molecule has 3 nitrogen and oxygen atoms in total. The first-order valence-corrected chi connectivity index (χ1v) is 5.03. The molecule has 1 aliphatic carbocycles. The van der Waals surface area contributed by atoms with E-state index < -0.39 is 0 Å². The van der Waals surface area contributed by atoms with Crippen LogP contribution in [0.25, 0.3) is 0 Å². The highest BCUT2D eigenvalue weighted by Crippen LogP contribution is 2.22. The quantitative estimate of drug-likeness (QED) is 0.599. The van der Waals surface area contributed by atoms with Crippen molar-refractivity contribution in [2.24, 2.45) is 0 Å². The maximum Gasteiger partial charge on any atom is 0.135 e. The van der Waals surface area contributed by atoms with E-state index in [9.17, 15) is 9.59 Å². The lowest BCUT2D eigenvalue weighted by Crippen LogP contribution is -2.40. The molecule has 1 heterocycles. The Hall–Kier alpha value is -0.700. The third-order valence-electron chi connectivity index (χ3n) is 3.09. The van der Waals surface area contributed by atoms with Gasteiger partial charge in [0.25, 0.3) is 0 Å². The van der Waals surface area contributed by atoms with Crippen LogP contribution >= 0.6 is 0 Å². The van der Waals surface area contributed by atoms with E-state index >= 15 is 0 Å². The van der Waals surface area contributed by atoms with Gasteiger partial charge < -0.3 is 0 Å². The van der Waals surface area contributed by atoms with Crippen LogP contribution in [0.3, 0.4) is 0 Å². The number of hydrogen-bond donors (Lipinski definition) is 0. The van der Waals surface area contributed by atoms with Crippen LogP contribution in [0.5, 0.6) is 0 Å². The van der Waals surface area contributed by atoms with Gasteiger partial charge in [0.15, 0.2) is 0 Å². The Kier molecular flexibility index (Phi) is 2.44. The molecule has 1 saturated heterocycles. The highest BCUT2D eigenvalue weighted by molar-refractivity contribution is 5.81. The molecule has 72 valence electrons. The smallest absolute Gasteiger partial charge is 0.135 e. The second-order valence-corrected chi connectivity index (χ2v) is 4.01. The van der Waals surface area contributed by atoms with Crippen molar-refractivity contribution in [2.45, 2.75) is 38.1 Å². The average molecular weight is 181 g/mol. The minimum Gasteiger partial charge on any atom is -0.300 e. The summed E-state index contributed by atoms with van der Waals surface area (Å²) in [5, 5.41) is 0. The third kappa shape index (κ3) is 1.97. The molecule has 0 spiro atoms. The fourth-order valence-corrected chi connectivity index (χ4v) is 2.24. The minimum absolute atomic E-state index is 0.376. The van der Waals surface area contributed by atoms with Gasteiger partial charge in [-0.05, 0) is 6.42 Å². The van der Waals surface area contributed by atoms with Crippen molar-refractivity contribution in [3.8, 4) is 0 Å². The molecule has 2 rings (SSSR count). The zero-order chi connectivity index (χ0) is 9.26. The highest BCUT2D eigenvalue weighted by atomic mass is 16.1. The zero-order valence-corrected chi connectivity index (χ0v) is 7.79. The Morgan fingerprint density at radius 3 is 2.23 bits per heavy atom. The van der Waals surface area contributed by atoms with Crippen molar-refractivity contribution in [3.63, 3.8) is 0 Å². The number of piperidine rings is 1. The molecule has 1 atom stereocenters. The molecule has 1 saturated carbocycles. The van der Waals surface area contributed by atoms with Crippen LogP contribution in [0.1, 0.15) is 32.1 Å². The molecule has 13 heavy (non-hydrogen) atoms. The Morgan fingerprint density at radius 2 is 1.69 bits per heavy atom. The summed E-state index contributed by atoms with van der Waals surface area (Å²) in [4.78, 5) is 24.4. The highest BCUT2D eigenvalue weighted by Gasteiger charge is 2.29. The number of rotatable bonds is 1. The maximum absolute atomic E-state index is 11.1. The molecular formula is C10H15NO2. The molecule has 0 N–H and O–H groups in total. The van der Waals surface area contributed by atoms with Gasteiger partial charge in [-0.15, -0.1) is 0 Å². The molecule has 3 heteroatoms. The summed E-state index contributed by atoms with van der Waals surface area (Å²) in [6.07, 6.45) is 3.84. The van der Waals surface area contributed by atoms with Crippen molar-refractivity contribution < 1.29 is 9.59 Å². The standard InChI is InChI=1S/C10H15NO2/c12-9-3-5-11(6-4-9)8-1-2-10(13)7-8/h8H,1-7H2. The van der Waals surface area contributed by atoms with Gasteiger partial charge in [-0.2, -0.15) is 0 Å². The van der Waals surface area contributed by atoms with Crippen molar-refractivity contribution in [1.29, 1.82) is 0 Å². The Labute approximate surface area is 78.1 Å². The van der Waals surface area contributed by atoms with Crippen LogP contribution in [0.2, 0.25) is 0 Å². The summed E-state index contributed by atoms with van der Waals surface area (Å²) in [7, 11) is 0. The average Bonchev–Trinajstić information content (AvgIpc) is 2.53. The lowest BCUT2D eigenvalue weighted by atomic mass is 10.1. The number of carbonyl (C=O) groups is 2. The molecule has 0 bridgehead atoms. The minimum atomic E-state index is 0.376. The van der Waals surface area contributed by atoms with E-state index in [0.717, 1.165) is 25.9 Å². The number of nitrogens with zero attached hydrogens (tertiary/aromatic N) is 1. The fourth-order valence-electron chi connectivity index (χ4n) is 2.24. The SMILES string of the molecule is O=C1CCN(C2CCC(=O)C2)CC1. The Bertz CT molecular complexity index is 227. The summed E-state index contributed by atoms with van der Waals surface area (Å²) in [5.74, 6) is 0.766. The van der Waals surface area contributed by atoms with Crippen LogP contribution in [0.15, 0.2) is 0 Å². The molecule has 2 aliphatic rings. The maximum atomic E-state index is 11.1. The van der Waals surface area contributed by atoms with Gasteiger partial charge >= 0.3 is 0 Å². The van der Waals surface area contributed by atoms with Crippen LogP contribution < -0.4 is 0 Å². The number of Topliss-reactive ketones (excluding diaryl/α,β-unsaturated/α-hetero) is 2. The summed E-state index contributed by atoms with van der Waals surface area (Å²) in [6.45, 7) is 1.74. The zero-order valence-electron chi connectivity index (χ0n) is 7.79. The first-order valence-electron chi connectivity index (χ1n) is 5.03. The number of ketones is 2. The fraction of sp³-hybridized carbons (Fsp3) is 0.800. The normalized spacial score (nSPS) is 31.2. The van der Waals surface area contributed by atoms with E-state index in [1.807, 2.05) is 0 Å². The van der Waals surface area contributed by atoms with Gasteiger partial charge in [-0.1, -0.05) is 0 Å². The van der Waals surface area contributed by atoms with Gasteiger partial charge in [-0.3, -0.25) is 14.5 Å². The van der Waals surface area contributed by atoms with Gasteiger partial charge in [0.05, 0.1) is 0 Å². The van der Waals surface area contributed by atoms with Gasteiger partial charge in [0.1, 0.15) is 11.6 Å². The molecule has 0 radical (unpaired) electrons. The Morgan fingerprint density at radius 1 is 1.00 bits per heavy atom. The summed E-state index contributed by atoms with van der Waals surface area (Å²) < 4.78 is 0. The number of carbonyl (C=O) groups excluding carboxylic acids is 2. The molecule has 2 fully saturated rings. The predicted molar refractivity (Wildman–Crippen MR) is 48.5 cm³/mol. The first kappa shape index (κ1) is 8.88. The summed E-state index contributed by atoms with van der Waals surface area (Å²) >= 11 is 0. The first-order chi connectivity index (χ1) is 6.25. The van der Waals surface area contributed by atoms with Gasteiger partial charge in [0, 0.05) is 44.8 Å². The molecule has 0 amide bonds. The van der Waals surface area contributed by atoms with E-state index in [0.29, 0.717) is 36.9 Å². The van der Waals surface area contributed by atoms with Crippen LogP contribution in [0.4, 0.5) is 0 Å². The predicted octanol–water partition coefficient (Wildman–Crippen LogP) is 0.773. The van der Waals surface area contributed by atoms with E-state index in [1.165, 1.54) is 0 Å². The van der Waals surface area contributed by atoms with Crippen molar-refractivity contribution in [3.05, 3.63) is 0 Å². The van der Waals surface area contributed by atoms with Crippen LogP contribution in [-0.4, -0.2) is 35.6 Å². The Balaban J connectivity index is 1.87. The summed E-state index contributed by atoms with van der Waals surface area (Å²) in [5.41, 5.74) is 0. The van der Waals surface area contributed by atoms with E-state index in [1.54, 1.807) is 0 Å². The molecule has 0 aromatic carbocycles. The lowest BCUT2D eigenvalue weighted by molar-refractivity contribution is -0.121. The van der Waals surface area contributed by atoms with E-state index in [2.05, 4.69) is 4.90 Å². The van der Waals surface area contributed by atoms with Crippen LogP contribution in [-0.2, 0) is 9.59 Å². The van der Waals surface area contributed by atoms with Gasteiger partial charge in [0.2, 0.25) is 0 Å². The van der Waals surface area contributed by atoms with Crippen molar-refractivity contribution in [2.75, 3.05) is 13.1 Å². The number of likely N-dealkylation sites (tertiary alicyclic amines) is 1. The topological polar surface area (TPSA) is 37.4 Å². The lowest BCUT2D eigenvalue weighted by Gasteiger charge is -2.30. The monoisotopic (exact) mass is 181 g/mol. The van der Waals surface area contributed by atoms with Crippen molar-refractivity contribution in [1.82, 2.24) is 4.90 Å². The second-order valence-electron chi connectivity index (χ2n) is 4.01.